The SMILES string of the molecule is C[C@@H]1C[C@H](Oc2cccc(N=C(c3ccccc3)c3ccccc3)n2)CCN1C(=O)OC(C)(C)C. The molecule has 0 radical (unpaired) electrons. The molecule has 0 bridgehead atoms. The summed E-state index contributed by atoms with van der Waals surface area (Å²) in [4.78, 5) is 23.9. The van der Waals surface area contributed by atoms with E-state index in [0.717, 1.165) is 23.3 Å². The Kier molecular flexibility index (Phi) is 7.49. The first-order chi connectivity index (χ1) is 16.8. The number of aliphatic imine (C=N–C) groups is 1. The van der Waals surface area contributed by atoms with Crippen LogP contribution in [-0.2, 0) is 4.74 Å². The van der Waals surface area contributed by atoms with Crippen LogP contribution in [-0.4, -0.2) is 46.0 Å². The molecule has 1 fully saturated rings. The first kappa shape index (κ1) is 24.5. The maximum absolute atomic E-state index is 12.5. The lowest BCUT2D eigenvalue weighted by Crippen LogP contribution is -2.49. The van der Waals surface area contributed by atoms with Gasteiger partial charge in [0.1, 0.15) is 11.7 Å². The number of ether oxygens (including phenoxy) is 2. The van der Waals surface area contributed by atoms with Crippen molar-refractivity contribution < 1.29 is 14.3 Å². The molecule has 1 amide bonds. The quantitative estimate of drug-likeness (QED) is 0.403. The number of hydrogen-bond acceptors (Lipinski definition) is 5. The van der Waals surface area contributed by atoms with Crippen LogP contribution in [0.25, 0.3) is 0 Å². The number of carbonyl (C=O) groups is 1. The van der Waals surface area contributed by atoms with Gasteiger partial charge in [0.15, 0.2) is 5.82 Å². The highest BCUT2D eigenvalue weighted by Crippen LogP contribution is 2.25. The second-order valence-corrected chi connectivity index (χ2v) is 9.81. The van der Waals surface area contributed by atoms with Crippen LogP contribution in [0.2, 0.25) is 0 Å². The third-order valence-corrected chi connectivity index (χ3v) is 5.77. The van der Waals surface area contributed by atoms with Crippen LogP contribution in [0.4, 0.5) is 10.6 Å². The summed E-state index contributed by atoms with van der Waals surface area (Å²) < 4.78 is 11.8. The van der Waals surface area contributed by atoms with E-state index in [4.69, 9.17) is 14.5 Å². The number of rotatable bonds is 5. The predicted octanol–water partition coefficient (Wildman–Crippen LogP) is 6.42. The molecule has 0 saturated carbocycles. The van der Waals surface area contributed by atoms with Gasteiger partial charge in [0, 0.05) is 42.6 Å². The second kappa shape index (κ2) is 10.7. The molecule has 6 heteroatoms. The number of piperidine rings is 1. The van der Waals surface area contributed by atoms with Gasteiger partial charge in [-0.3, -0.25) is 0 Å². The number of amides is 1. The number of hydrogen-bond donors (Lipinski definition) is 0. The van der Waals surface area contributed by atoms with Gasteiger partial charge < -0.3 is 14.4 Å². The second-order valence-electron chi connectivity index (χ2n) is 9.81. The molecule has 1 saturated heterocycles. The molecule has 182 valence electrons. The summed E-state index contributed by atoms with van der Waals surface area (Å²) in [6, 6.07) is 25.9. The van der Waals surface area contributed by atoms with Gasteiger partial charge in [0.25, 0.3) is 0 Å². The van der Waals surface area contributed by atoms with Gasteiger partial charge in [-0.15, -0.1) is 0 Å². The van der Waals surface area contributed by atoms with Gasteiger partial charge in [0.2, 0.25) is 5.88 Å². The number of pyridine rings is 1. The minimum Gasteiger partial charge on any atom is -0.474 e. The Morgan fingerprint density at radius 3 is 2.14 bits per heavy atom. The van der Waals surface area contributed by atoms with Crippen LogP contribution in [0.15, 0.2) is 83.9 Å². The maximum Gasteiger partial charge on any atom is 0.410 e. The summed E-state index contributed by atoms with van der Waals surface area (Å²) in [6.45, 7) is 8.26. The lowest BCUT2D eigenvalue weighted by molar-refractivity contribution is -0.00148. The highest BCUT2D eigenvalue weighted by Gasteiger charge is 2.32. The first-order valence-electron chi connectivity index (χ1n) is 12.1. The zero-order chi connectivity index (χ0) is 24.8. The van der Waals surface area contributed by atoms with E-state index in [2.05, 4.69) is 4.98 Å². The lowest BCUT2D eigenvalue weighted by Gasteiger charge is -2.38. The van der Waals surface area contributed by atoms with Crippen molar-refractivity contribution in [3.05, 3.63) is 90.0 Å². The minimum absolute atomic E-state index is 0.0209. The van der Waals surface area contributed by atoms with Crippen molar-refractivity contribution in [1.29, 1.82) is 0 Å². The van der Waals surface area contributed by atoms with Crippen molar-refractivity contribution in [2.45, 2.75) is 58.3 Å². The Morgan fingerprint density at radius 2 is 1.57 bits per heavy atom. The molecule has 1 aliphatic heterocycles. The largest absolute Gasteiger partial charge is 0.474 e. The fourth-order valence-electron chi connectivity index (χ4n) is 4.13. The average Bonchev–Trinajstić information content (AvgIpc) is 2.83. The summed E-state index contributed by atoms with van der Waals surface area (Å²) in [6.07, 6.45) is 1.14. The van der Waals surface area contributed by atoms with Crippen LogP contribution < -0.4 is 4.74 Å². The monoisotopic (exact) mass is 471 g/mol. The van der Waals surface area contributed by atoms with Crippen molar-refractivity contribution in [2.24, 2.45) is 4.99 Å². The van der Waals surface area contributed by atoms with E-state index in [-0.39, 0.29) is 18.2 Å². The molecule has 4 rings (SSSR count). The number of carbonyl (C=O) groups excluding carboxylic acids is 1. The summed E-state index contributed by atoms with van der Waals surface area (Å²) in [5.41, 5.74) is 2.40. The summed E-state index contributed by atoms with van der Waals surface area (Å²) in [5, 5.41) is 0. The molecule has 0 spiro atoms. The smallest absolute Gasteiger partial charge is 0.410 e. The topological polar surface area (TPSA) is 64.0 Å². The van der Waals surface area contributed by atoms with E-state index in [9.17, 15) is 4.79 Å². The van der Waals surface area contributed by atoms with E-state index in [1.54, 1.807) is 4.90 Å². The maximum atomic E-state index is 12.5. The van der Waals surface area contributed by atoms with E-state index in [1.165, 1.54) is 0 Å². The Balaban J connectivity index is 1.48. The molecular weight excluding hydrogens is 438 g/mol. The summed E-state index contributed by atoms with van der Waals surface area (Å²) >= 11 is 0. The molecule has 3 aromatic rings. The zero-order valence-electron chi connectivity index (χ0n) is 20.8. The standard InChI is InChI=1S/C29H33N3O3/c1-21-20-24(18-19-32(21)28(33)35-29(2,3)4)34-26-17-11-16-25(30-26)31-27(22-12-7-5-8-13-22)23-14-9-6-10-15-23/h5-17,21,24H,18-20H2,1-4H3/t21-,24-/m1/s1. The number of benzene rings is 2. The number of likely N-dealkylation sites (tertiary alicyclic amines) is 1. The molecule has 0 unspecified atom stereocenters. The summed E-state index contributed by atoms with van der Waals surface area (Å²) in [5.74, 6) is 1.12. The fourth-order valence-corrected chi connectivity index (χ4v) is 4.13. The molecular formula is C29H33N3O3. The average molecular weight is 472 g/mol. The Hall–Kier alpha value is -3.67. The van der Waals surface area contributed by atoms with Crippen molar-refractivity contribution in [2.75, 3.05) is 6.54 Å². The molecule has 6 nitrogen and oxygen atoms in total. The fraction of sp³-hybridized carbons (Fsp3) is 0.345. The number of nitrogens with zero attached hydrogens (tertiary/aromatic N) is 3. The third-order valence-electron chi connectivity index (χ3n) is 5.77. The normalized spacial score (nSPS) is 18.0. The van der Waals surface area contributed by atoms with Crippen LogP contribution in [0, 0.1) is 0 Å². The highest BCUT2D eigenvalue weighted by atomic mass is 16.6. The van der Waals surface area contributed by atoms with Crippen molar-refractivity contribution in [3.63, 3.8) is 0 Å². The van der Waals surface area contributed by atoms with Crippen molar-refractivity contribution >= 4 is 17.6 Å². The lowest BCUT2D eigenvalue weighted by atomic mass is 10.0. The van der Waals surface area contributed by atoms with Gasteiger partial charge in [-0.25, -0.2) is 9.79 Å². The predicted molar refractivity (Wildman–Crippen MR) is 138 cm³/mol. The van der Waals surface area contributed by atoms with Gasteiger partial charge in [0.05, 0.1) is 5.71 Å². The van der Waals surface area contributed by atoms with Crippen LogP contribution in [0.5, 0.6) is 5.88 Å². The molecule has 35 heavy (non-hydrogen) atoms. The van der Waals surface area contributed by atoms with Gasteiger partial charge >= 0.3 is 6.09 Å². The highest BCUT2D eigenvalue weighted by molar-refractivity contribution is 6.13. The van der Waals surface area contributed by atoms with E-state index >= 15 is 0 Å². The minimum atomic E-state index is -0.507. The first-order valence-corrected chi connectivity index (χ1v) is 12.1. The molecule has 0 aliphatic carbocycles. The molecule has 1 aliphatic rings. The van der Waals surface area contributed by atoms with E-state index in [0.29, 0.717) is 24.7 Å². The molecule has 2 aromatic carbocycles. The Labute approximate surface area is 207 Å². The third kappa shape index (κ3) is 6.69. The van der Waals surface area contributed by atoms with E-state index < -0.39 is 5.60 Å². The molecule has 2 heterocycles. The Bertz CT molecular complexity index is 1120. The van der Waals surface area contributed by atoms with Crippen LogP contribution in [0.1, 0.15) is 51.7 Å². The molecule has 2 atom stereocenters. The van der Waals surface area contributed by atoms with Crippen molar-refractivity contribution in [1.82, 2.24) is 9.88 Å². The zero-order valence-corrected chi connectivity index (χ0v) is 20.8. The van der Waals surface area contributed by atoms with Gasteiger partial charge in [-0.2, -0.15) is 4.98 Å². The number of aromatic nitrogens is 1. The van der Waals surface area contributed by atoms with Gasteiger partial charge in [-0.05, 0) is 33.8 Å². The Morgan fingerprint density at radius 1 is 0.943 bits per heavy atom. The van der Waals surface area contributed by atoms with Crippen LogP contribution >= 0.6 is 0 Å². The molecule has 0 N–H and O–H groups in total. The van der Waals surface area contributed by atoms with Crippen molar-refractivity contribution in [3.8, 4) is 5.88 Å². The molecule has 1 aromatic heterocycles. The van der Waals surface area contributed by atoms with E-state index in [1.807, 2.05) is 107 Å². The summed E-state index contributed by atoms with van der Waals surface area (Å²) in [7, 11) is 0. The van der Waals surface area contributed by atoms with Gasteiger partial charge in [-0.1, -0.05) is 66.7 Å². The van der Waals surface area contributed by atoms with Crippen LogP contribution in [0.3, 0.4) is 0 Å².